The molecule has 124 valence electrons. The van der Waals surface area contributed by atoms with Crippen LogP contribution in [0.4, 0.5) is 11.4 Å². The highest BCUT2D eigenvalue weighted by atomic mass is 16.6. The molecule has 1 heterocycles. The molecule has 5 nitrogen and oxygen atoms in total. The average Bonchev–Trinajstić information content (AvgIpc) is 2.74. The van der Waals surface area contributed by atoms with Gasteiger partial charge in [-0.25, -0.2) is 0 Å². The van der Waals surface area contributed by atoms with E-state index in [1.807, 2.05) is 18.2 Å². The lowest BCUT2D eigenvalue weighted by atomic mass is 9.80. The van der Waals surface area contributed by atoms with Gasteiger partial charge in [0, 0.05) is 23.3 Å². The van der Waals surface area contributed by atoms with Crippen molar-refractivity contribution in [2.75, 3.05) is 7.05 Å². The van der Waals surface area contributed by atoms with Gasteiger partial charge in [0.05, 0.1) is 17.4 Å². The summed E-state index contributed by atoms with van der Waals surface area (Å²) in [6.07, 6.45) is 3.82. The van der Waals surface area contributed by atoms with Gasteiger partial charge in [0.1, 0.15) is 17.5 Å². The first-order chi connectivity index (χ1) is 11.3. The van der Waals surface area contributed by atoms with Crippen molar-refractivity contribution in [1.82, 2.24) is 0 Å². The van der Waals surface area contributed by atoms with Crippen LogP contribution in [-0.2, 0) is 5.41 Å². The highest BCUT2D eigenvalue weighted by molar-refractivity contribution is 5.62. The number of fused-ring (bicyclic) bond motifs is 1. The maximum atomic E-state index is 10.9. The van der Waals surface area contributed by atoms with Crippen molar-refractivity contribution in [2.24, 2.45) is 0 Å². The molecule has 0 saturated heterocycles. The van der Waals surface area contributed by atoms with Gasteiger partial charge in [-0.05, 0) is 38.1 Å². The Morgan fingerprint density at radius 3 is 2.62 bits per heavy atom. The van der Waals surface area contributed by atoms with Crippen molar-refractivity contribution in [3.05, 3.63) is 69.8 Å². The second-order valence-electron chi connectivity index (χ2n) is 6.79. The number of nitro groups is 1. The van der Waals surface area contributed by atoms with Gasteiger partial charge in [-0.1, -0.05) is 18.2 Å². The smallest absolute Gasteiger partial charge is 0.270 e. The average molecular weight is 325 g/mol. The monoisotopic (exact) mass is 325 g/mol. The number of para-hydroxylation sites is 1. The molecule has 0 saturated carbocycles. The first-order valence-electron chi connectivity index (χ1n) is 7.91. The Morgan fingerprint density at radius 1 is 1.25 bits per heavy atom. The number of quaternary nitrogens is 1. The number of phenolic OH excluding ortho intramolecular Hbond substituents is 1. The van der Waals surface area contributed by atoms with Crippen LogP contribution in [0.3, 0.4) is 0 Å². The predicted molar refractivity (Wildman–Crippen MR) is 93.6 cm³/mol. The second kappa shape index (κ2) is 5.76. The third-order valence-electron chi connectivity index (χ3n) is 4.98. The van der Waals surface area contributed by atoms with Gasteiger partial charge in [-0.2, -0.15) is 0 Å². The van der Waals surface area contributed by atoms with Crippen LogP contribution < -0.4 is 4.90 Å². The molecule has 2 unspecified atom stereocenters. The summed E-state index contributed by atoms with van der Waals surface area (Å²) in [5.74, 6) is 0.0443. The number of likely N-dealkylation sites (N-methyl/N-ethyl adjacent to an activating group) is 1. The molecule has 0 aromatic heterocycles. The van der Waals surface area contributed by atoms with E-state index in [2.05, 4.69) is 33.0 Å². The zero-order valence-electron chi connectivity index (χ0n) is 14.0. The number of aromatic hydroxyl groups is 1. The Morgan fingerprint density at radius 2 is 1.96 bits per heavy atom. The lowest BCUT2D eigenvalue weighted by Crippen LogP contribution is -3.07. The number of benzene rings is 2. The fourth-order valence-corrected chi connectivity index (χ4v) is 3.64. The second-order valence-corrected chi connectivity index (χ2v) is 6.79. The van der Waals surface area contributed by atoms with E-state index in [9.17, 15) is 15.2 Å². The quantitative estimate of drug-likeness (QED) is 0.673. The summed E-state index contributed by atoms with van der Waals surface area (Å²) in [6, 6.07) is 12.6. The Kier molecular flexibility index (Phi) is 3.89. The van der Waals surface area contributed by atoms with Crippen LogP contribution in [0, 0.1) is 10.1 Å². The number of phenols is 1. The number of rotatable bonds is 3. The molecule has 0 radical (unpaired) electrons. The Balaban J connectivity index is 1.96. The largest absolute Gasteiger partial charge is 0.507 e. The molecule has 0 bridgehead atoms. The van der Waals surface area contributed by atoms with Gasteiger partial charge in [0.25, 0.3) is 5.69 Å². The van der Waals surface area contributed by atoms with Gasteiger partial charge in [0.15, 0.2) is 0 Å². The summed E-state index contributed by atoms with van der Waals surface area (Å²) in [5.41, 5.74) is 2.94. The molecule has 2 atom stereocenters. The van der Waals surface area contributed by atoms with E-state index in [0.29, 0.717) is 5.56 Å². The van der Waals surface area contributed by atoms with E-state index >= 15 is 0 Å². The third-order valence-corrected chi connectivity index (χ3v) is 4.98. The lowest BCUT2D eigenvalue weighted by molar-refractivity contribution is -0.828. The van der Waals surface area contributed by atoms with Gasteiger partial charge >= 0.3 is 0 Å². The van der Waals surface area contributed by atoms with Crippen molar-refractivity contribution >= 4 is 17.5 Å². The number of non-ortho nitro benzene ring substituents is 1. The van der Waals surface area contributed by atoms with Crippen LogP contribution in [-0.4, -0.2) is 23.1 Å². The molecule has 3 rings (SSSR count). The molecule has 0 aliphatic carbocycles. The Hall–Kier alpha value is -2.66. The first kappa shape index (κ1) is 16.2. The van der Waals surface area contributed by atoms with E-state index in [-0.39, 0.29) is 22.9 Å². The highest BCUT2D eigenvalue weighted by Crippen LogP contribution is 2.36. The van der Waals surface area contributed by atoms with Gasteiger partial charge < -0.3 is 5.11 Å². The fraction of sp³-hybridized carbons (Fsp3) is 0.263. The summed E-state index contributed by atoms with van der Waals surface area (Å²) < 4.78 is 0. The maximum Gasteiger partial charge on any atom is 0.270 e. The fourth-order valence-electron chi connectivity index (χ4n) is 3.64. The first-order valence-corrected chi connectivity index (χ1v) is 7.91. The minimum Gasteiger partial charge on any atom is -0.507 e. The van der Waals surface area contributed by atoms with E-state index in [4.69, 9.17) is 0 Å². The SMILES string of the molecule is C[NH+]1c2ccccc2C(C)(C)C1C=Cc1cc([N+](=O)[O-])ccc1O. The molecule has 1 aliphatic rings. The topological polar surface area (TPSA) is 67.8 Å². The van der Waals surface area contributed by atoms with Crippen LogP contribution in [0.15, 0.2) is 48.5 Å². The van der Waals surface area contributed by atoms with Gasteiger partial charge in [-0.3, -0.25) is 15.0 Å². The third kappa shape index (κ3) is 2.57. The molecule has 5 heteroatoms. The van der Waals surface area contributed by atoms with E-state index in [0.717, 1.165) is 0 Å². The van der Waals surface area contributed by atoms with E-state index < -0.39 is 4.92 Å². The summed E-state index contributed by atoms with van der Waals surface area (Å²) in [7, 11) is 2.12. The molecule has 2 aromatic rings. The molecule has 2 N–H and O–H groups in total. The van der Waals surface area contributed by atoms with Crippen LogP contribution in [0.2, 0.25) is 0 Å². The maximum absolute atomic E-state index is 10.9. The normalized spacial score (nSPS) is 21.8. The number of nitrogens with zero attached hydrogens (tertiary/aromatic N) is 1. The standard InChI is InChI=1S/C19H20N2O3/c1-19(2)15-6-4-5-7-16(15)20(3)18(19)11-8-13-12-14(21(23)24)9-10-17(13)22/h4-12,18,22H,1-3H3/p+1. The number of hydrogen-bond acceptors (Lipinski definition) is 3. The van der Waals surface area contributed by atoms with Crippen LogP contribution in [0.25, 0.3) is 6.08 Å². The Labute approximate surface area is 141 Å². The Bertz CT molecular complexity index is 827. The van der Waals surface area contributed by atoms with Crippen LogP contribution in [0.5, 0.6) is 5.75 Å². The van der Waals surface area contributed by atoms with Crippen molar-refractivity contribution in [3.8, 4) is 5.75 Å². The molecule has 1 aliphatic heterocycles. The molecule has 24 heavy (non-hydrogen) atoms. The van der Waals surface area contributed by atoms with Gasteiger partial charge in [-0.15, -0.1) is 0 Å². The molecule has 0 spiro atoms. The van der Waals surface area contributed by atoms with Crippen LogP contribution >= 0.6 is 0 Å². The number of hydrogen-bond donors (Lipinski definition) is 2. The molecular formula is C19H21N2O3+. The van der Waals surface area contributed by atoms with Gasteiger partial charge in [0.2, 0.25) is 0 Å². The molecule has 0 fully saturated rings. The zero-order chi connectivity index (χ0) is 17.5. The van der Waals surface area contributed by atoms with E-state index in [1.165, 1.54) is 34.3 Å². The predicted octanol–water partition coefficient (Wildman–Crippen LogP) is 2.82. The van der Waals surface area contributed by atoms with Crippen molar-refractivity contribution < 1.29 is 14.9 Å². The lowest BCUT2D eigenvalue weighted by Gasteiger charge is -2.25. The van der Waals surface area contributed by atoms with E-state index in [1.54, 1.807) is 6.08 Å². The summed E-state index contributed by atoms with van der Waals surface area (Å²) in [4.78, 5) is 11.7. The van der Waals surface area contributed by atoms with Crippen molar-refractivity contribution in [3.63, 3.8) is 0 Å². The highest BCUT2D eigenvalue weighted by Gasteiger charge is 2.45. The van der Waals surface area contributed by atoms with Crippen molar-refractivity contribution in [1.29, 1.82) is 0 Å². The number of nitro benzene ring substituents is 1. The summed E-state index contributed by atoms with van der Waals surface area (Å²) >= 11 is 0. The minimum absolute atomic E-state index is 0.0258. The molecular weight excluding hydrogens is 304 g/mol. The van der Waals surface area contributed by atoms with Crippen molar-refractivity contribution in [2.45, 2.75) is 25.3 Å². The summed E-state index contributed by atoms with van der Waals surface area (Å²) in [5, 5.41) is 20.9. The number of nitrogens with one attached hydrogen (secondary N) is 1. The molecule has 2 aromatic carbocycles. The zero-order valence-corrected chi connectivity index (χ0v) is 14.0. The molecule has 0 amide bonds. The van der Waals surface area contributed by atoms with Crippen LogP contribution in [0.1, 0.15) is 25.0 Å². The summed E-state index contributed by atoms with van der Waals surface area (Å²) in [6.45, 7) is 4.40. The minimum atomic E-state index is -0.455.